The first-order valence-electron chi connectivity index (χ1n) is 8.73. The number of carbonyl (C=O) groups is 1. The highest BCUT2D eigenvalue weighted by atomic mass is 35.5. The molecule has 29 heavy (non-hydrogen) atoms. The van der Waals surface area contributed by atoms with Gasteiger partial charge in [-0.15, -0.1) is 0 Å². The van der Waals surface area contributed by atoms with Crippen molar-refractivity contribution >= 4 is 34.2 Å². The molecule has 3 aromatic rings. The number of benzene rings is 2. The van der Waals surface area contributed by atoms with Crippen LogP contribution in [0.15, 0.2) is 48.5 Å². The van der Waals surface area contributed by atoms with Gasteiger partial charge < -0.3 is 14.2 Å². The van der Waals surface area contributed by atoms with E-state index in [0.29, 0.717) is 27.4 Å². The number of pyridine rings is 1. The fourth-order valence-corrected chi connectivity index (χ4v) is 2.71. The van der Waals surface area contributed by atoms with E-state index in [1.54, 1.807) is 56.3 Å². The molecule has 8 nitrogen and oxygen atoms in total. The van der Waals surface area contributed by atoms with Gasteiger partial charge in [-0.05, 0) is 56.3 Å². The van der Waals surface area contributed by atoms with Crippen LogP contribution in [0.4, 0.5) is 5.69 Å². The number of fused-ring (bicyclic) bond motifs is 1. The molecule has 0 saturated heterocycles. The molecule has 0 bridgehead atoms. The van der Waals surface area contributed by atoms with Crippen LogP contribution in [0.3, 0.4) is 0 Å². The van der Waals surface area contributed by atoms with Gasteiger partial charge in [0.15, 0.2) is 6.10 Å². The van der Waals surface area contributed by atoms with E-state index < -0.39 is 17.0 Å². The van der Waals surface area contributed by atoms with Crippen LogP contribution in [-0.4, -0.2) is 28.6 Å². The zero-order chi connectivity index (χ0) is 21.0. The van der Waals surface area contributed by atoms with Crippen molar-refractivity contribution < 1.29 is 23.9 Å². The van der Waals surface area contributed by atoms with E-state index in [-0.39, 0.29) is 18.2 Å². The van der Waals surface area contributed by atoms with Crippen molar-refractivity contribution in [1.29, 1.82) is 0 Å². The van der Waals surface area contributed by atoms with Crippen molar-refractivity contribution in [2.75, 3.05) is 6.61 Å². The maximum absolute atomic E-state index is 11.6. The Balaban J connectivity index is 1.81. The zero-order valence-corrected chi connectivity index (χ0v) is 16.4. The number of nitro groups is 1. The van der Waals surface area contributed by atoms with Crippen molar-refractivity contribution in [2.24, 2.45) is 0 Å². The molecule has 0 saturated carbocycles. The molecule has 0 aliphatic heterocycles. The number of nitrogens with zero attached hydrogens (tertiary/aromatic N) is 2. The fourth-order valence-electron chi connectivity index (χ4n) is 2.53. The van der Waals surface area contributed by atoms with Gasteiger partial charge in [0.2, 0.25) is 0 Å². The minimum atomic E-state index is -0.767. The van der Waals surface area contributed by atoms with Gasteiger partial charge in [-0.2, -0.15) is 0 Å². The molecule has 0 aliphatic rings. The summed E-state index contributed by atoms with van der Waals surface area (Å²) in [5.74, 6) is 0.140. The smallest absolute Gasteiger partial charge is 0.347 e. The first kappa shape index (κ1) is 20.3. The largest absolute Gasteiger partial charge is 0.479 e. The van der Waals surface area contributed by atoms with E-state index in [1.165, 1.54) is 6.07 Å². The van der Waals surface area contributed by atoms with Gasteiger partial charge in [0.1, 0.15) is 11.5 Å². The molecular weight excluding hydrogens is 400 g/mol. The SMILES string of the molecule is CCOC(=O)C(C)Oc1ccc(Oc2nc3ccc(Cl)cc3cc2[N+](=O)[O-])cc1. The van der Waals surface area contributed by atoms with Crippen molar-refractivity contribution in [3.05, 3.63) is 63.7 Å². The summed E-state index contributed by atoms with van der Waals surface area (Å²) in [5, 5.41) is 12.4. The Morgan fingerprint density at radius 1 is 1.17 bits per heavy atom. The number of aromatic nitrogens is 1. The molecule has 0 spiro atoms. The molecule has 1 unspecified atom stereocenters. The molecular formula is C20H17ClN2O6. The Morgan fingerprint density at radius 2 is 1.86 bits per heavy atom. The number of halogens is 1. The second kappa shape index (κ2) is 8.74. The van der Waals surface area contributed by atoms with E-state index in [1.807, 2.05) is 0 Å². The summed E-state index contributed by atoms with van der Waals surface area (Å²) in [7, 11) is 0. The topological polar surface area (TPSA) is 101 Å². The standard InChI is InChI=1S/C20H17ClN2O6/c1-3-27-20(24)12(2)28-15-5-7-16(8-6-15)29-19-18(23(25)26)11-13-10-14(21)4-9-17(13)22-19/h4-12H,3H2,1-2H3. The van der Waals surface area contributed by atoms with Crippen molar-refractivity contribution in [1.82, 2.24) is 4.98 Å². The minimum absolute atomic E-state index is 0.140. The van der Waals surface area contributed by atoms with Crippen LogP contribution in [0, 0.1) is 10.1 Å². The maximum atomic E-state index is 11.6. The highest BCUT2D eigenvalue weighted by Gasteiger charge is 2.20. The number of hydrogen-bond acceptors (Lipinski definition) is 7. The lowest BCUT2D eigenvalue weighted by molar-refractivity contribution is -0.385. The van der Waals surface area contributed by atoms with Gasteiger partial charge in [-0.1, -0.05) is 11.6 Å². The Kier molecular flexibility index (Phi) is 6.13. The molecule has 1 aromatic heterocycles. The van der Waals surface area contributed by atoms with Crippen LogP contribution >= 0.6 is 11.6 Å². The van der Waals surface area contributed by atoms with Gasteiger partial charge in [0.05, 0.1) is 17.0 Å². The summed E-state index contributed by atoms with van der Waals surface area (Å²) in [6.45, 7) is 3.56. The monoisotopic (exact) mass is 416 g/mol. The Hall–Kier alpha value is -3.39. The predicted octanol–water partition coefficient (Wildman–Crippen LogP) is 4.92. The van der Waals surface area contributed by atoms with Crippen LogP contribution < -0.4 is 9.47 Å². The third-order valence-corrected chi connectivity index (χ3v) is 4.12. The lowest BCUT2D eigenvalue weighted by Crippen LogP contribution is -2.25. The molecule has 0 amide bonds. The predicted molar refractivity (Wildman–Crippen MR) is 107 cm³/mol. The van der Waals surface area contributed by atoms with Crippen LogP contribution in [0.5, 0.6) is 17.4 Å². The average Bonchev–Trinajstić information content (AvgIpc) is 2.69. The fraction of sp³-hybridized carbons (Fsp3) is 0.200. The Morgan fingerprint density at radius 3 is 2.52 bits per heavy atom. The van der Waals surface area contributed by atoms with Gasteiger partial charge in [0, 0.05) is 16.5 Å². The van der Waals surface area contributed by atoms with E-state index in [4.69, 9.17) is 25.8 Å². The normalized spacial score (nSPS) is 11.7. The summed E-state index contributed by atoms with van der Waals surface area (Å²) in [4.78, 5) is 26.7. The second-order valence-electron chi connectivity index (χ2n) is 5.99. The molecule has 150 valence electrons. The van der Waals surface area contributed by atoms with Gasteiger partial charge in [-0.3, -0.25) is 10.1 Å². The minimum Gasteiger partial charge on any atom is -0.479 e. The highest BCUT2D eigenvalue weighted by Crippen LogP contribution is 2.33. The Labute approximate surface area is 171 Å². The highest BCUT2D eigenvalue weighted by molar-refractivity contribution is 6.31. The third-order valence-electron chi connectivity index (χ3n) is 3.89. The maximum Gasteiger partial charge on any atom is 0.347 e. The summed E-state index contributed by atoms with van der Waals surface area (Å²) in [6.07, 6.45) is -0.767. The molecule has 0 N–H and O–H groups in total. The first-order valence-corrected chi connectivity index (χ1v) is 9.11. The van der Waals surface area contributed by atoms with Crippen LogP contribution in [0.1, 0.15) is 13.8 Å². The van der Waals surface area contributed by atoms with E-state index in [9.17, 15) is 14.9 Å². The Bertz CT molecular complexity index is 1050. The summed E-state index contributed by atoms with van der Waals surface area (Å²) < 4.78 is 16.0. The van der Waals surface area contributed by atoms with Crippen molar-refractivity contribution in [2.45, 2.75) is 20.0 Å². The molecule has 1 atom stereocenters. The molecule has 0 fully saturated rings. The lowest BCUT2D eigenvalue weighted by atomic mass is 10.2. The molecule has 0 radical (unpaired) electrons. The third kappa shape index (κ3) is 4.91. The number of hydrogen-bond donors (Lipinski definition) is 0. The lowest BCUT2D eigenvalue weighted by Gasteiger charge is -2.13. The van der Waals surface area contributed by atoms with Crippen molar-refractivity contribution in [3.63, 3.8) is 0 Å². The van der Waals surface area contributed by atoms with Crippen LogP contribution in [0.25, 0.3) is 10.9 Å². The number of carbonyl (C=O) groups excluding carboxylic acids is 1. The molecule has 3 rings (SSSR count). The number of ether oxygens (including phenoxy) is 3. The second-order valence-corrected chi connectivity index (χ2v) is 6.43. The number of rotatable bonds is 7. The molecule has 0 aliphatic carbocycles. The van der Waals surface area contributed by atoms with Gasteiger partial charge in [0.25, 0.3) is 5.88 Å². The summed E-state index contributed by atoms with van der Waals surface area (Å²) in [6, 6.07) is 12.5. The van der Waals surface area contributed by atoms with E-state index in [0.717, 1.165) is 0 Å². The van der Waals surface area contributed by atoms with Gasteiger partial charge >= 0.3 is 11.7 Å². The van der Waals surface area contributed by atoms with E-state index >= 15 is 0 Å². The van der Waals surface area contributed by atoms with Gasteiger partial charge in [-0.25, -0.2) is 9.78 Å². The average molecular weight is 417 g/mol. The zero-order valence-electron chi connectivity index (χ0n) is 15.6. The van der Waals surface area contributed by atoms with E-state index in [2.05, 4.69) is 4.98 Å². The molecule has 2 aromatic carbocycles. The van der Waals surface area contributed by atoms with Crippen LogP contribution in [0.2, 0.25) is 5.02 Å². The summed E-state index contributed by atoms with van der Waals surface area (Å²) in [5.41, 5.74) is 0.231. The summed E-state index contributed by atoms with van der Waals surface area (Å²) >= 11 is 5.94. The number of esters is 1. The molecule has 9 heteroatoms. The first-order chi connectivity index (χ1) is 13.9. The quantitative estimate of drug-likeness (QED) is 0.306. The van der Waals surface area contributed by atoms with Crippen molar-refractivity contribution in [3.8, 4) is 17.4 Å². The van der Waals surface area contributed by atoms with Crippen LogP contribution in [-0.2, 0) is 9.53 Å². The molecule has 1 heterocycles.